The average Bonchev–Trinajstić information content (AvgIpc) is 3.12. The Kier molecular flexibility index (Phi) is 5.80. The number of piperidine rings is 2. The van der Waals surface area contributed by atoms with Crippen LogP contribution in [0, 0.1) is 5.82 Å². The highest BCUT2D eigenvalue weighted by molar-refractivity contribution is 6.31. The molecule has 2 aliphatic rings. The largest absolute Gasteiger partial charge is 0.299 e. The second kappa shape index (κ2) is 8.76. The monoisotopic (exact) mass is 470 g/mol. The van der Waals surface area contributed by atoms with Gasteiger partial charge in [-0.25, -0.2) is 9.07 Å². The number of nitrogens with one attached hydrogen (secondary N) is 2. The Morgan fingerprint density at radius 1 is 1.03 bits per heavy atom. The van der Waals surface area contributed by atoms with E-state index in [0.29, 0.717) is 34.8 Å². The number of aromatic amines is 1. The third-order valence-corrected chi connectivity index (χ3v) is 7.08. The Morgan fingerprint density at radius 3 is 2.55 bits per heavy atom. The van der Waals surface area contributed by atoms with Gasteiger partial charge in [0.05, 0.1) is 10.9 Å². The Bertz CT molecular complexity index is 1290. The molecular formula is C24H24ClFN4O3. The Balaban J connectivity index is 1.29. The molecule has 1 aromatic heterocycles. The number of amides is 2. The van der Waals surface area contributed by atoms with Gasteiger partial charge in [0, 0.05) is 18.0 Å². The van der Waals surface area contributed by atoms with Crippen molar-refractivity contribution in [2.75, 3.05) is 13.1 Å². The number of aromatic nitrogens is 2. The first kappa shape index (κ1) is 21.9. The molecule has 1 atom stereocenters. The molecule has 5 rings (SSSR count). The maximum Gasteiger partial charge on any atom is 0.275 e. The molecule has 0 bridgehead atoms. The minimum Gasteiger partial charge on any atom is -0.299 e. The standard InChI is InChI=1S/C24H24ClFN4O3/c25-19-12-17(26)3-1-16(19)13-29-9-7-14(8-10-29)15-2-4-18-20(11-15)28-30(24(18)33)21-5-6-22(31)27-23(21)32/h1-4,11-12,14,21,28H,5-10,13H2,(H,27,31,32). The summed E-state index contributed by atoms with van der Waals surface area (Å²) in [7, 11) is 0. The number of rotatable bonds is 4. The molecular weight excluding hydrogens is 447 g/mol. The van der Waals surface area contributed by atoms with Crippen LogP contribution in [0.3, 0.4) is 0 Å². The van der Waals surface area contributed by atoms with Crippen LogP contribution in [-0.2, 0) is 16.1 Å². The molecule has 1 unspecified atom stereocenters. The molecule has 2 fully saturated rings. The molecule has 0 aliphatic carbocycles. The SMILES string of the molecule is O=C1CCC(n2[nH]c3cc(C4CCN(Cc5ccc(F)cc5Cl)CC4)ccc3c2=O)C(=O)N1. The topological polar surface area (TPSA) is 87.2 Å². The number of benzene rings is 2. The second-order valence-electron chi connectivity index (χ2n) is 8.85. The van der Waals surface area contributed by atoms with Crippen LogP contribution in [0.4, 0.5) is 4.39 Å². The van der Waals surface area contributed by atoms with E-state index in [9.17, 15) is 18.8 Å². The third kappa shape index (κ3) is 4.32. The van der Waals surface area contributed by atoms with Crippen LogP contribution in [0.15, 0.2) is 41.2 Å². The minimum absolute atomic E-state index is 0.213. The number of hydrogen-bond acceptors (Lipinski definition) is 4. The van der Waals surface area contributed by atoms with Crippen molar-refractivity contribution in [3.63, 3.8) is 0 Å². The molecule has 2 N–H and O–H groups in total. The van der Waals surface area contributed by atoms with Crippen LogP contribution in [-0.4, -0.2) is 39.6 Å². The summed E-state index contributed by atoms with van der Waals surface area (Å²) >= 11 is 6.18. The molecule has 0 saturated carbocycles. The first-order valence-electron chi connectivity index (χ1n) is 11.1. The Hall–Kier alpha value is -2.97. The van der Waals surface area contributed by atoms with Crippen LogP contribution in [0.2, 0.25) is 5.02 Å². The molecule has 3 aromatic rings. The van der Waals surface area contributed by atoms with Gasteiger partial charge in [0.1, 0.15) is 11.9 Å². The fourth-order valence-electron chi connectivity index (χ4n) is 4.87. The highest BCUT2D eigenvalue weighted by atomic mass is 35.5. The number of halogens is 2. The van der Waals surface area contributed by atoms with E-state index in [1.165, 1.54) is 16.8 Å². The van der Waals surface area contributed by atoms with Crippen LogP contribution in [0.1, 0.15) is 48.8 Å². The van der Waals surface area contributed by atoms with E-state index in [4.69, 9.17) is 11.6 Å². The average molecular weight is 471 g/mol. The van der Waals surface area contributed by atoms with Crippen molar-refractivity contribution in [2.45, 2.75) is 44.2 Å². The number of fused-ring (bicyclic) bond motifs is 1. The number of nitrogens with zero attached hydrogens (tertiary/aromatic N) is 2. The molecule has 0 radical (unpaired) electrons. The van der Waals surface area contributed by atoms with E-state index in [2.05, 4.69) is 15.3 Å². The van der Waals surface area contributed by atoms with Gasteiger partial charge in [0.15, 0.2) is 0 Å². The van der Waals surface area contributed by atoms with Gasteiger partial charge in [-0.15, -0.1) is 0 Å². The van der Waals surface area contributed by atoms with Gasteiger partial charge < -0.3 is 0 Å². The summed E-state index contributed by atoms with van der Waals surface area (Å²) in [6, 6.07) is 9.62. The van der Waals surface area contributed by atoms with E-state index >= 15 is 0 Å². The number of likely N-dealkylation sites (tertiary alicyclic amines) is 1. The number of carbonyl (C=O) groups is 2. The predicted octanol–water partition coefficient (Wildman–Crippen LogP) is 3.48. The van der Waals surface area contributed by atoms with E-state index in [-0.39, 0.29) is 23.7 Å². The van der Waals surface area contributed by atoms with Gasteiger partial charge in [-0.1, -0.05) is 23.7 Å². The van der Waals surface area contributed by atoms with Crippen molar-refractivity contribution in [1.29, 1.82) is 0 Å². The zero-order valence-corrected chi connectivity index (χ0v) is 18.7. The maximum atomic E-state index is 13.3. The molecule has 2 aliphatic heterocycles. The molecule has 172 valence electrons. The Morgan fingerprint density at radius 2 is 1.82 bits per heavy atom. The lowest BCUT2D eigenvalue weighted by molar-refractivity contribution is -0.136. The highest BCUT2D eigenvalue weighted by Crippen LogP contribution is 2.31. The minimum atomic E-state index is -0.701. The van der Waals surface area contributed by atoms with Crippen molar-refractivity contribution in [3.05, 3.63) is 68.7 Å². The van der Waals surface area contributed by atoms with Crippen LogP contribution >= 0.6 is 11.6 Å². The van der Waals surface area contributed by atoms with Crippen molar-refractivity contribution in [2.24, 2.45) is 0 Å². The second-order valence-corrected chi connectivity index (χ2v) is 9.25. The first-order chi connectivity index (χ1) is 15.9. The van der Waals surface area contributed by atoms with E-state index in [1.54, 1.807) is 6.07 Å². The fraction of sp³-hybridized carbons (Fsp3) is 0.375. The summed E-state index contributed by atoms with van der Waals surface area (Å²) in [6.07, 6.45) is 2.44. The smallest absolute Gasteiger partial charge is 0.275 e. The maximum absolute atomic E-state index is 13.3. The van der Waals surface area contributed by atoms with Gasteiger partial charge >= 0.3 is 0 Å². The molecule has 2 amide bonds. The number of H-pyrrole nitrogens is 1. The van der Waals surface area contributed by atoms with Crippen molar-refractivity contribution < 1.29 is 14.0 Å². The summed E-state index contributed by atoms with van der Waals surface area (Å²) in [6.45, 7) is 2.47. The number of imide groups is 1. The summed E-state index contributed by atoms with van der Waals surface area (Å²) in [5.74, 6) is -0.733. The molecule has 0 spiro atoms. The lowest BCUT2D eigenvalue weighted by Crippen LogP contribution is -2.44. The molecule has 2 aromatic carbocycles. The zero-order chi connectivity index (χ0) is 23.1. The van der Waals surface area contributed by atoms with Crippen LogP contribution in [0.25, 0.3) is 10.9 Å². The van der Waals surface area contributed by atoms with Crippen molar-refractivity contribution >= 4 is 34.3 Å². The van der Waals surface area contributed by atoms with Crippen LogP contribution in [0.5, 0.6) is 0 Å². The summed E-state index contributed by atoms with van der Waals surface area (Å²) in [4.78, 5) is 38.8. The van der Waals surface area contributed by atoms with Crippen molar-refractivity contribution in [3.8, 4) is 0 Å². The molecule has 3 heterocycles. The normalized spacial score (nSPS) is 20.4. The molecule has 2 saturated heterocycles. The highest BCUT2D eigenvalue weighted by Gasteiger charge is 2.30. The fourth-order valence-corrected chi connectivity index (χ4v) is 5.10. The number of carbonyl (C=O) groups excluding carboxylic acids is 2. The summed E-state index contributed by atoms with van der Waals surface area (Å²) in [5.41, 5.74) is 2.52. The lowest BCUT2D eigenvalue weighted by Gasteiger charge is -2.32. The molecule has 7 nitrogen and oxygen atoms in total. The van der Waals surface area contributed by atoms with Crippen LogP contribution < -0.4 is 10.9 Å². The first-order valence-corrected chi connectivity index (χ1v) is 11.5. The molecule has 33 heavy (non-hydrogen) atoms. The molecule has 9 heteroatoms. The summed E-state index contributed by atoms with van der Waals surface area (Å²) < 4.78 is 14.6. The van der Waals surface area contributed by atoms with E-state index in [1.807, 2.05) is 18.2 Å². The van der Waals surface area contributed by atoms with Gasteiger partial charge in [0.2, 0.25) is 5.91 Å². The predicted molar refractivity (Wildman–Crippen MR) is 123 cm³/mol. The van der Waals surface area contributed by atoms with E-state index < -0.39 is 11.9 Å². The number of hydrogen-bond donors (Lipinski definition) is 2. The van der Waals surface area contributed by atoms with Crippen molar-refractivity contribution in [1.82, 2.24) is 20.0 Å². The van der Waals surface area contributed by atoms with Gasteiger partial charge in [-0.05, 0) is 73.7 Å². The van der Waals surface area contributed by atoms with Gasteiger partial charge in [0.25, 0.3) is 11.5 Å². The Labute approximate surface area is 194 Å². The summed E-state index contributed by atoms with van der Waals surface area (Å²) in [5, 5.41) is 6.37. The van der Waals surface area contributed by atoms with Gasteiger partial charge in [-0.3, -0.25) is 29.7 Å². The zero-order valence-electron chi connectivity index (χ0n) is 17.9. The third-order valence-electron chi connectivity index (χ3n) is 6.72. The lowest BCUT2D eigenvalue weighted by atomic mass is 9.89. The quantitative estimate of drug-likeness (QED) is 0.571. The van der Waals surface area contributed by atoms with E-state index in [0.717, 1.165) is 37.1 Å². The van der Waals surface area contributed by atoms with Gasteiger partial charge in [-0.2, -0.15) is 0 Å².